The van der Waals surface area contributed by atoms with Crippen molar-refractivity contribution in [2.24, 2.45) is 5.73 Å². The van der Waals surface area contributed by atoms with Gasteiger partial charge in [-0.15, -0.1) is 0 Å². The fourth-order valence-electron chi connectivity index (χ4n) is 1.51. The van der Waals surface area contributed by atoms with E-state index in [4.69, 9.17) is 10.5 Å². The van der Waals surface area contributed by atoms with Crippen molar-refractivity contribution in [3.05, 3.63) is 0 Å². The molecule has 1 atom stereocenters. The Morgan fingerprint density at radius 2 is 2.18 bits per heavy atom. The first-order chi connectivity index (χ1) is 8.13. The number of ether oxygens (including phenoxy) is 1. The van der Waals surface area contributed by atoms with Gasteiger partial charge in [0.2, 0.25) is 5.91 Å². The zero-order valence-corrected chi connectivity index (χ0v) is 11.4. The maximum Gasteiger partial charge on any atom is 0.234 e. The Kier molecular flexibility index (Phi) is 10.1. The third-order valence-electron chi connectivity index (χ3n) is 2.48. The van der Waals surface area contributed by atoms with Crippen molar-refractivity contribution in [1.29, 1.82) is 0 Å². The van der Waals surface area contributed by atoms with Crippen LogP contribution in [-0.2, 0) is 9.53 Å². The van der Waals surface area contributed by atoms with Gasteiger partial charge in [-0.3, -0.25) is 9.69 Å². The van der Waals surface area contributed by atoms with E-state index in [1.807, 2.05) is 25.8 Å². The van der Waals surface area contributed by atoms with Crippen LogP contribution in [0.15, 0.2) is 0 Å². The van der Waals surface area contributed by atoms with Crippen LogP contribution in [0.2, 0.25) is 0 Å². The summed E-state index contributed by atoms with van der Waals surface area (Å²) in [5, 5.41) is 2.85. The van der Waals surface area contributed by atoms with Crippen LogP contribution in [0.1, 0.15) is 26.7 Å². The third-order valence-corrected chi connectivity index (χ3v) is 2.48. The Balaban J connectivity index is 3.69. The lowest BCUT2D eigenvalue weighted by molar-refractivity contribution is -0.122. The standard InChI is InChI=1S/C12H27N3O2/c1-4-7-14-12(16)10-15(3)8-6-11(9-13)17-5-2/h11H,4-10,13H2,1-3H3,(H,14,16). The predicted octanol–water partition coefficient (Wildman–Crippen LogP) is 0.198. The van der Waals surface area contributed by atoms with E-state index in [1.54, 1.807) is 0 Å². The number of carbonyl (C=O) groups excluding carboxylic acids is 1. The molecule has 0 heterocycles. The van der Waals surface area contributed by atoms with Crippen molar-refractivity contribution < 1.29 is 9.53 Å². The summed E-state index contributed by atoms with van der Waals surface area (Å²) in [5.74, 6) is 0.0788. The number of nitrogens with two attached hydrogens (primary N) is 1. The number of rotatable bonds is 10. The van der Waals surface area contributed by atoms with E-state index < -0.39 is 0 Å². The van der Waals surface area contributed by atoms with Gasteiger partial charge in [-0.1, -0.05) is 6.92 Å². The molecular weight excluding hydrogens is 218 g/mol. The largest absolute Gasteiger partial charge is 0.377 e. The van der Waals surface area contributed by atoms with Crippen LogP contribution in [0.4, 0.5) is 0 Å². The van der Waals surface area contributed by atoms with E-state index in [1.165, 1.54) is 0 Å². The van der Waals surface area contributed by atoms with Gasteiger partial charge in [-0.05, 0) is 26.8 Å². The number of carbonyl (C=O) groups is 1. The highest BCUT2D eigenvalue weighted by Crippen LogP contribution is 1.98. The minimum Gasteiger partial charge on any atom is -0.377 e. The van der Waals surface area contributed by atoms with Crippen LogP contribution in [0.3, 0.4) is 0 Å². The maximum atomic E-state index is 11.4. The highest BCUT2D eigenvalue weighted by molar-refractivity contribution is 5.77. The number of hydrogen-bond donors (Lipinski definition) is 2. The zero-order valence-electron chi connectivity index (χ0n) is 11.4. The summed E-state index contributed by atoms with van der Waals surface area (Å²) < 4.78 is 5.46. The molecule has 0 spiro atoms. The Labute approximate surface area is 105 Å². The molecule has 0 aromatic heterocycles. The van der Waals surface area contributed by atoms with E-state index >= 15 is 0 Å². The van der Waals surface area contributed by atoms with Crippen molar-refractivity contribution in [2.45, 2.75) is 32.8 Å². The molecule has 1 amide bonds. The molecule has 0 radical (unpaired) electrons. The lowest BCUT2D eigenvalue weighted by Gasteiger charge is -2.20. The van der Waals surface area contributed by atoms with Crippen molar-refractivity contribution in [3.63, 3.8) is 0 Å². The minimum atomic E-state index is 0.0788. The van der Waals surface area contributed by atoms with Crippen LogP contribution in [0.25, 0.3) is 0 Å². The van der Waals surface area contributed by atoms with E-state index in [-0.39, 0.29) is 12.0 Å². The van der Waals surface area contributed by atoms with Crippen LogP contribution in [0, 0.1) is 0 Å². The lowest BCUT2D eigenvalue weighted by Crippen LogP contribution is -2.37. The summed E-state index contributed by atoms with van der Waals surface area (Å²) in [6.07, 6.45) is 1.93. The lowest BCUT2D eigenvalue weighted by atomic mass is 10.2. The van der Waals surface area contributed by atoms with Gasteiger partial charge >= 0.3 is 0 Å². The molecule has 0 aliphatic carbocycles. The number of hydrogen-bond acceptors (Lipinski definition) is 4. The first-order valence-corrected chi connectivity index (χ1v) is 6.40. The van der Waals surface area contributed by atoms with Crippen LogP contribution < -0.4 is 11.1 Å². The van der Waals surface area contributed by atoms with Crippen LogP contribution >= 0.6 is 0 Å². The van der Waals surface area contributed by atoms with Crippen molar-refractivity contribution in [1.82, 2.24) is 10.2 Å². The number of nitrogens with zero attached hydrogens (tertiary/aromatic N) is 1. The Hall–Kier alpha value is -0.650. The topological polar surface area (TPSA) is 67.6 Å². The first-order valence-electron chi connectivity index (χ1n) is 6.40. The molecule has 0 bridgehead atoms. The molecule has 5 heteroatoms. The van der Waals surface area contributed by atoms with Gasteiger partial charge in [0.1, 0.15) is 0 Å². The average molecular weight is 245 g/mol. The Morgan fingerprint density at radius 1 is 1.47 bits per heavy atom. The van der Waals surface area contributed by atoms with Gasteiger partial charge in [-0.2, -0.15) is 0 Å². The van der Waals surface area contributed by atoms with E-state index in [0.717, 1.165) is 25.9 Å². The molecule has 0 fully saturated rings. The number of likely N-dealkylation sites (N-methyl/N-ethyl adjacent to an activating group) is 1. The van der Waals surface area contributed by atoms with E-state index in [2.05, 4.69) is 5.32 Å². The van der Waals surface area contributed by atoms with Gasteiger partial charge in [0.25, 0.3) is 0 Å². The molecule has 1 unspecified atom stereocenters. The molecule has 0 rings (SSSR count). The van der Waals surface area contributed by atoms with Crippen molar-refractivity contribution >= 4 is 5.91 Å². The first kappa shape index (κ1) is 16.4. The van der Waals surface area contributed by atoms with E-state index in [9.17, 15) is 4.79 Å². The minimum absolute atomic E-state index is 0.0788. The second-order valence-corrected chi connectivity index (χ2v) is 4.19. The quantitative estimate of drug-likeness (QED) is 0.577. The smallest absolute Gasteiger partial charge is 0.234 e. The van der Waals surface area contributed by atoms with Gasteiger partial charge in [0.15, 0.2) is 0 Å². The molecule has 0 saturated carbocycles. The predicted molar refractivity (Wildman–Crippen MR) is 69.9 cm³/mol. The molecule has 0 aromatic carbocycles. The molecule has 17 heavy (non-hydrogen) atoms. The Bertz CT molecular complexity index is 200. The second kappa shape index (κ2) is 10.5. The van der Waals surface area contributed by atoms with Crippen LogP contribution in [-0.4, -0.2) is 56.7 Å². The highest BCUT2D eigenvalue weighted by Gasteiger charge is 2.10. The monoisotopic (exact) mass is 245 g/mol. The van der Waals surface area contributed by atoms with E-state index in [0.29, 0.717) is 19.7 Å². The highest BCUT2D eigenvalue weighted by atomic mass is 16.5. The molecule has 0 aromatic rings. The summed E-state index contributed by atoms with van der Waals surface area (Å²) >= 11 is 0. The third kappa shape index (κ3) is 9.09. The average Bonchev–Trinajstić information content (AvgIpc) is 2.31. The van der Waals surface area contributed by atoms with Crippen molar-refractivity contribution in [3.8, 4) is 0 Å². The van der Waals surface area contributed by atoms with Crippen LogP contribution in [0.5, 0.6) is 0 Å². The fraction of sp³-hybridized carbons (Fsp3) is 0.917. The molecule has 0 aliphatic rings. The number of amides is 1. The molecule has 102 valence electrons. The fourth-order valence-corrected chi connectivity index (χ4v) is 1.51. The molecule has 3 N–H and O–H groups in total. The van der Waals surface area contributed by atoms with Gasteiger partial charge in [0.05, 0.1) is 12.6 Å². The molecule has 0 saturated heterocycles. The van der Waals surface area contributed by atoms with Gasteiger partial charge < -0.3 is 15.8 Å². The zero-order chi connectivity index (χ0) is 13.1. The maximum absolute atomic E-state index is 11.4. The Morgan fingerprint density at radius 3 is 2.71 bits per heavy atom. The normalized spacial score (nSPS) is 12.8. The van der Waals surface area contributed by atoms with Gasteiger partial charge in [0, 0.05) is 26.2 Å². The molecule has 5 nitrogen and oxygen atoms in total. The number of nitrogens with one attached hydrogen (secondary N) is 1. The summed E-state index contributed by atoms with van der Waals surface area (Å²) in [5.41, 5.74) is 5.59. The summed E-state index contributed by atoms with van der Waals surface area (Å²) in [4.78, 5) is 13.4. The SMILES string of the molecule is CCCNC(=O)CN(C)CCC(CN)OCC. The van der Waals surface area contributed by atoms with Gasteiger partial charge in [-0.25, -0.2) is 0 Å². The second-order valence-electron chi connectivity index (χ2n) is 4.19. The van der Waals surface area contributed by atoms with Crippen molar-refractivity contribution in [2.75, 3.05) is 39.8 Å². The summed E-state index contributed by atoms with van der Waals surface area (Å²) in [6, 6.07) is 0. The summed E-state index contributed by atoms with van der Waals surface area (Å²) in [6.45, 7) is 7.22. The summed E-state index contributed by atoms with van der Waals surface area (Å²) in [7, 11) is 1.94. The molecular formula is C12H27N3O2. The molecule has 0 aliphatic heterocycles.